The van der Waals surface area contributed by atoms with E-state index in [1.54, 1.807) is 0 Å². The normalized spacial score (nSPS) is 13.3. The molecule has 0 saturated heterocycles. The number of anilines is 3. The van der Waals surface area contributed by atoms with Crippen LogP contribution in [0.2, 0.25) is 0 Å². The molecule has 1 aliphatic rings. The highest BCUT2D eigenvalue weighted by Gasteiger charge is 2.23. The molecule has 7 aromatic carbocycles. The molecule has 244 valence electrons. The van der Waals surface area contributed by atoms with Crippen molar-refractivity contribution in [2.75, 3.05) is 4.90 Å². The zero-order valence-electron chi connectivity index (χ0n) is 28.1. The van der Waals surface area contributed by atoms with E-state index in [4.69, 9.17) is 4.42 Å². The topological polar surface area (TPSA) is 16.4 Å². The minimum atomic E-state index is 0.174. The van der Waals surface area contributed by atoms with Crippen molar-refractivity contribution in [3.05, 3.63) is 191 Å². The zero-order valence-corrected chi connectivity index (χ0v) is 28.9. The predicted molar refractivity (Wildman–Crippen MR) is 217 cm³/mol. The molecule has 0 N–H and O–H groups in total. The molecule has 9 aromatic rings. The van der Waals surface area contributed by atoms with E-state index in [2.05, 4.69) is 175 Å². The molecule has 10 rings (SSSR count). The molecule has 1 aliphatic carbocycles. The third-order valence-electron chi connectivity index (χ3n) is 10.5. The summed E-state index contributed by atoms with van der Waals surface area (Å²) in [6.45, 7) is 0. The minimum absolute atomic E-state index is 0.174. The van der Waals surface area contributed by atoms with Gasteiger partial charge in [0.2, 0.25) is 0 Å². The summed E-state index contributed by atoms with van der Waals surface area (Å²) in [4.78, 5) is 3.88. The maximum Gasteiger partial charge on any atom is 0.136 e. The summed E-state index contributed by atoms with van der Waals surface area (Å²) >= 11 is 1.94. The standard InChI is InChI=1S/C48H35NOS/c1-4-14-32(15-5-1)28-40(33-16-6-2-7-17-33)41-31-45-48(39-22-11-10-20-37(39)41)43-30-35(24-26-44(43)50-45)49(34-18-8-3-9-19-34)36-25-27-47-42(29-36)38-21-12-13-23-46(38)51-47/h1-12,14-22,24-27,29-31,40H,13,23,28H2. The Balaban J connectivity index is 1.17. The molecule has 2 aromatic heterocycles. The number of nitrogens with zero attached hydrogens (tertiary/aromatic N) is 1. The Bertz CT molecular complexity index is 2720. The van der Waals surface area contributed by atoms with Gasteiger partial charge in [-0.3, -0.25) is 0 Å². The summed E-state index contributed by atoms with van der Waals surface area (Å²) in [6.07, 6.45) is 7.79. The van der Waals surface area contributed by atoms with Gasteiger partial charge in [0.05, 0.1) is 0 Å². The third-order valence-corrected chi connectivity index (χ3v) is 11.7. The van der Waals surface area contributed by atoms with Crippen LogP contribution < -0.4 is 4.90 Å². The number of fused-ring (bicyclic) bond motifs is 8. The van der Waals surface area contributed by atoms with Gasteiger partial charge in [-0.15, -0.1) is 11.3 Å². The fourth-order valence-electron chi connectivity index (χ4n) is 8.13. The van der Waals surface area contributed by atoms with Crippen molar-refractivity contribution in [1.82, 2.24) is 0 Å². The lowest BCUT2D eigenvalue weighted by molar-refractivity contribution is 0.667. The largest absolute Gasteiger partial charge is 0.456 e. The molecular formula is C48H35NOS. The van der Waals surface area contributed by atoms with Crippen LogP contribution in [0.1, 0.15) is 39.5 Å². The first kappa shape index (κ1) is 30.0. The van der Waals surface area contributed by atoms with Crippen molar-refractivity contribution in [2.24, 2.45) is 0 Å². The van der Waals surface area contributed by atoms with Crippen LogP contribution in [0.5, 0.6) is 0 Å². The number of hydrogen-bond acceptors (Lipinski definition) is 3. The van der Waals surface area contributed by atoms with Crippen LogP contribution in [-0.2, 0) is 12.8 Å². The minimum Gasteiger partial charge on any atom is -0.456 e. The van der Waals surface area contributed by atoms with Crippen molar-refractivity contribution in [3.8, 4) is 0 Å². The molecule has 51 heavy (non-hydrogen) atoms. The van der Waals surface area contributed by atoms with Gasteiger partial charge in [0.15, 0.2) is 0 Å². The molecule has 0 bridgehead atoms. The Morgan fingerprint density at radius 1 is 0.588 bits per heavy atom. The van der Waals surface area contributed by atoms with Crippen LogP contribution in [0, 0.1) is 0 Å². The van der Waals surface area contributed by atoms with Gasteiger partial charge < -0.3 is 9.32 Å². The van der Waals surface area contributed by atoms with Gasteiger partial charge in [-0.25, -0.2) is 0 Å². The Hall–Kier alpha value is -5.90. The monoisotopic (exact) mass is 673 g/mol. The van der Waals surface area contributed by atoms with Crippen LogP contribution in [0.15, 0.2) is 168 Å². The number of thiophene rings is 1. The molecule has 2 heterocycles. The van der Waals surface area contributed by atoms with E-state index in [1.807, 2.05) is 11.3 Å². The Kier molecular flexibility index (Phi) is 7.32. The van der Waals surface area contributed by atoms with Gasteiger partial charge in [-0.2, -0.15) is 0 Å². The lowest BCUT2D eigenvalue weighted by Crippen LogP contribution is -2.09. The average Bonchev–Trinajstić information content (AvgIpc) is 3.76. The summed E-state index contributed by atoms with van der Waals surface area (Å²) < 4.78 is 8.12. The van der Waals surface area contributed by atoms with Crippen molar-refractivity contribution in [1.29, 1.82) is 0 Å². The lowest BCUT2D eigenvalue weighted by atomic mass is 9.83. The molecule has 0 radical (unpaired) electrons. The van der Waals surface area contributed by atoms with Gasteiger partial charge in [-0.05, 0) is 107 Å². The molecule has 0 spiro atoms. The number of benzene rings is 7. The average molecular weight is 674 g/mol. The summed E-state index contributed by atoms with van der Waals surface area (Å²) in [5.74, 6) is 0.174. The van der Waals surface area contributed by atoms with Gasteiger partial charge in [0.25, 0.3) is 0 Å². The molecular weight excluding hydrogens is 639 g/mol. The molecule has 1 atom stereocenters. The smallest absolute Gasteiger partial charge is 0.136 e. The lowest BCUT2D eigenvalue weighted by Gasteiger charge is -2.25. The Morgan fingerprint density at radius 3 is 2.08 bits per heavy atom. The quantitative estimate of drug-likeness (QED) is 0.167. The van der Waals surface area contributed by atoms with E-state index in [0.717, 1.165) is 52.9 Å². The Morgan fingerprint density at radius 2 is 1.27 bits per heavy atom. The molecule has 1 unspecified atom stereocenters. The molecule has 0 aliphatic heterocycles. The van der Waals surface area contributed by atoms with E-state index in [-0.39, 0.29) is 5.92 Å². The highest BCUT2D eigenvalue weighted by Crippen LogP contribution is 2.45. The molecule has 0 saturated carbocycles. The van der Waals surface area contributed by atoms with E-state index in [0.29, 0.717) is 0 Å². The second kappa shape index (κ2) is 12.5. The summed E-state index contributed by atoms with van der Waals surface area (Å²) in [5.41, 5.74) is 10.5. The second-order valence-corrected chi connectivity index (χ2v) is 14.7. The number of allylic oxidation sites excluding steroid dienone is 1. The fraction of sp³-hybridized carbons (Fsp3) is 0.0833. The number of rotatable bonds is 7. The first-order chi connectivity index (χ1) is 25.3. The van der Waals surface area contributed by atoms with Crippen LogP contribution in [-0.4, -0.2) is 0 Å². The predicted octanol–water partition coefficient (Wildman–Crippen LogP) is 13.8. The number of furan rings is 1. The first-order valence-corrected chi connectivity index (χ1v) is 18.6. The summed E-state index contributed by atoms with van der Waals surface area (Å²) in [5, 5.41) is 6.12. The van der Waals surface area contributed by atoms with E-state index in [9.17, 15) is 0 Å². The van der Waals surface area contributed by atoms with Crippen LogP contribution in [0.3, 0.4) is 0 Å². The van der Waals surface area contributed by atoms with Gasteiger partial charge >= 0.3 is 0 Å². The van der Waals surface area contributed by atoms with Crippen molar-refractivity contribution in [3.63, 3.8) is 0 Å². The van der Waals surface area contributed by atoms with Gasteiger partial charge in [0, 0.05) is 48.7 Å². The number of para-hydroxylation sites is 1. The molecule has 3 heteroatoms. The van der Waals surface area contributed by atoms with Gasteiger partial charge in [0.1, 0.15) is 11.2 Å². The van der Waals surface area contributed by atoms with E-state index in [1.165, 1.54) is 53.4 Å². The van der Waals surface area contributed by atoms with E-state index >= 15 is 0 Å². The first-order valence-electron chi connectivity index (χ1n) is 17.8. The Labute approximate surface area is 301 Å². The zero-order chi connectivity index (χ0) is 33.7. The van der Waals surface area contributed by atoms with Crippen LogP contribution in [0.4, 0.5) is 17.1 Å². The van der Waals surface area contributed by atoms with Crippen LogP contribution >= 0.6 is 11.3 Å². The second-order valence-electron chi connectivity index (χ2n) is 13.6. The number of aryl methyl sites for hydroxylation is 1. The molecule has 0 fully saturated rings. The summed E-state index contributed by atoms with van der Waals surface area (Å²) in [6, 6.07) is 57.3. The van der Waals surface area contributed by atoms with Crippen molar-refractivity contribution >= 4 is 77.3 Å². The van der Waals surface area contributed by atoms with E-state index < -0.39 is 0 Å². The number of hydrogen-bond donors (Lipinski definition) is 0. The maximum absolute atomic E-state index is 6.77. The fourth-order valence-corrected chi connectivity index (χ4v) is 9.32. The van der Waals surface area contributed by atoms with Crippen LogP contribution in [0.25, 0.3) is 48.9 Å². The highest BCUT2D eigenvalue weighted by atomic mass is 32.1. The highest BCUT2D eigenvalue weighted by molar-refractivity contribution is 7.19. The molecule has 2 nitrogen and oxygen atoms in total. The summed E-state index contributed by atoms with van der Waals surface area (Å²) in [7, 11) is 0. The maximum atomic E-state index is 6.77. The van der Waals surface area contributed by atoms with Gasteiger partial charge in [-0.1, -0.05) is 115 Å². The SMILES string of the molecule is C1=Cc2c(sc3ccc(N(c4ccccc4)c4ccc5oc6cc(C(Cc7ccccc7)c7ccccc7)c7ccccc7c6c5c4)cc23)CC1. The third kappa shape index (κ3) is 5.24. The molecule has 0 amide bonds. The van der Waals surface area contributed by atoms with Crippen molar-refractivity contribution in [2.45, 2.75) is 25.2 Å². The van der Waals surface area contributed by atoms with Crippen molar-refractivity contribution < 1.29 is 4.42 Å².